The first-order chi connectivity index (χ1) is 6.83. The second-order valence-corrected chi connectivity index (χ2v) is 3.74. The van der Waals surface area contributed by atoms with Gasteiger partial charge in [0.15, 0.2) is 0 Å². The van der Waals surface area contributed by atoms with E-state index in [4.69, 9.17) is 4.74 Å². The van der Waals surface area contributed by atoms with Gasteiger partial charge in [-0.25, -0.2) is 4.79 Å². The van der Waals surface area contributed by atoms with E-state index in [-0.39, 0.29) is 6.61 Å². The highest BCUT2D eigenvalue weighted by Gasteiger charge is 2.13. The quantitative estimate of drug-likeness (QED) is 0.653. The molecular weight excluding hydrogens is 180 g/mol. The summed E-state index contributed by atoms with van der Waals surface area (Å²) in [4.78, 5) is 10.8. The van der Waals surface area contributed by atoms with E-state index in [0.717, 1.165) is 12.3 Å². The normalized spacial score (nSPS) is 17.8. The Balaban J connectivity index is 1.99. The van der Waals surface area contributed by atoms with Crippen molar-refractivity contribution >= 4 is 6.16 Å². The molecule has 0 aliphatic heterocycles. The molecule has 0 heterocycles. The lowest BCUT2D eigenvalue weighted by Gasteiger charge is -2.20. The largest absolute Gasteiger partial charge is 0.508 e. The van der Waals surface area contributed by atoms with Crippen LogP contribution in [-0.4, -0.2) is 19.4 Å². The molecule has 1 radical (unpaired) electrons. The van der Waals surface area contributed by atoms with E-state index >= 15 is 0 Å². The number of hydrogen-bond acceptors (Lipinski definition) is 3. The van der Waals surface area contributed by atoms with Crippen molar-refractivity contribution in [3.63, 3.8) is 0 Å². The SMILES string of the molecule is [CH2]COC(=O)OCCC1CCCCC1. The van der Waals surface area contributed by atoms with E-state index in [1.807, 2.05) is 0 Å². The van der Waals surface area contributed by atoms with Gasteiger partial charge in [-0.2, -0.15) is 0 Å². The van der Waals surface area contributed by atoms with Crippen molar-refractivity contribution in [3.05, 3.63) is 6.92 Å². The highest BCUT2D eigenvalue weighted by molar-refractivity contribution is 5.59. The third-order valence-corrected chi connectivity index (χ3v) is 2.69. The van der Waals surface area contributed by atoms with Gasteiger partial charge in [-0.15, -0.1) is 0 Å². The Labute approximate surface area is 85.8 Å². The summed E-state index contributed by atoms with van der Waals surface area (Å²) in [6.45, 7) is 4.03. The first-order valence-electron chi connectivity index (χ1n) is 5.41. The predicted octanol–water partition coefficient (Wildman–Crippen LogP) is 2.94. The molecule has 0 saturated heterocycles. The molecule has 0 amide bonds. The van der Waals surface area contributed by atoms with Gasteiger partial charge in [0.25, 0.3) is 0 Å². The Hall–Kier alpha value is -0.730. The highest BCUT2D eigenvalue weighted by atomic mass is 16.7. The minimum Gasteiger partial charge on any atom is -0.434 e. The molecule has 1 aliphatic rings. The summed E-state index contributed by atoms with van der Waals surface area (Å²) in [5.41, 5.74) is 0. The summed E-state index contributed by atoms with van der Waals surface area (Å²) in [5, 5.41) is 0. The molecule has 0 aromatic heterocycles. The summed E-state index contributed by atoms with van der Waals surface area (Å²) in [5.74, 6) is 0.747. The van der Waals surface area contributed by atoms with E-state index in [1.165, 1.54) is 32.1 Å². The van der Waals surface area contributed by atoms with Crippen LogP contribution in [-0.2, 0) is 9.47 Å². The van der Waals surface area contributed by atoms with E-state index in [0.29, 0.717) is 6.61 Å². The third kappa shape index (κ3) is 4.49. The molecule has 1 fully saturated rings. The van der Waals surface area contributed by atoms with Crippen LogP contribution in [0.2, 0.25) is 0 Å². The average molecular weight is 199 g/mol. The molecule has 1 saturated carbocycles. The standard InChI is InChI=1S/C11H19O3/c1-2-13-11(12)14-9-8-10-6-4-3-5-7-10/h10H,1-9H2. The fraction of sp³-hybridized carbons (Fsp3) is 0.818. The van der Waals surface area contributed by atoms with Crippen LogP contribution < -0.4 is 0 Å². The molecule has 81 valence electrons. The van der Waals surface area contributed by atoms with Gasteiger partial charge in [-0.3, -0.25) is 0 Å². The summed E-state index contributed by atoms with van der Waals surface area (Å²) >= 11 is 0. The molecule has 0 aromatic carbocycles. The number of rotatable bonds is 4. The predicted molar refractivity (Wildman–Crippen MR) is 53.8 cm³/mol. The number of carbonyl (C=O) groups excluding carboxylic acids is 1. The second kappa shape index (κ2) is 6.68. The van der Waals surface area contributed by atoms with Crippen molar-refractivity contribution in [2.45, 2.75) is 38.5 Å². The molecule has 0 atom stereocenters. The minimum atomic E-state index is -0.587. The van der Waals surface area contributed by atoms with Gasteiger partial charge in [0.05, 0.1) is 13.2 Å². The van der Waals surface area contributed by atoms with Crippen molar-refractivity contribution in [1.82, 2.24) is 0 Å². The van der Waals surface area contributed by atoms with Crippen LogP contribution >= 0.6 is 0 Å². The molecule has 3 heteroatoms. The van der Waals surface area contributed by atoms with Crippen molar-refractivity contribution in [1.29, 1.82) is 0 Å². The molecule has 1 rings (SSSR count). The smallest absolute Gasteiger partial charge is 0.434 e. The minimum absolute atomic E-state index is 0.141. The molecule has 0 spiro atoms. The molecular formula is C11H19O3. The van der Waals surface area contributed by atoms with Crippen LogP contribution in [0.4, 0.5) is 4.79 Å². The van der Waals surface area contributed by atoms with Crippen LogP contribution in [0.1, 0.15) is 38.5 Å². The maximum Gasteiger partial charge on any atom is 0.508 e. The van der Waals surface area contributed by atoms with Crippen molar-refractivity contribution in [2.75, 3.05) is 13.2 Å². The summed E-state index contributed by atoms with van der Waals surface area (Å²) in [6.07, 6.45) is 6.98. The highest BCUT2D eigenvalue weighted by Crippen LogP contribution is 2.26. The zero-order chi connectivity index (χ0) is 10.2. The Morgan fingerprint density at radius 1 is 1.21 bits per heavy atom. The maximum atomic E-state index is 10.8. The van der Waals surface area contributed by atoms with Crippen LogP contribution in [0.15, 0.2) is 0 Å². The second-order valence-electron chi connectivity index (χ2n) is 3.74. The van der Waals surface area contributed by atoms with Crippen molar-refractivity contribution in [3.8, 4) is 0 Å². The summed E-state index contributed by atoms with van der Waals surface area (Å²) in [7, 11) is 0. The monoisotopic (exact) mass is 199 g/mol. The average Bonchev–Trinajstić information content (AvgIpc) is 2.20. The first kappa shape index (κ1) is 11.3. The molecule has 0 bridgehead atoms. The molecule has 0 unspecified atom stereocenters. The summed E-state index contributed by atoms with van der Waals surface area (Å²) < 4.78 is 9.44. The van der Waals surface area contributed by atoms with Crippen LogP contribution in [0.25, 0.3) is 0 Å². The molecule has 1 aliphatic carbocycles. The topological polar surface area (TPSA) is 35.5 Å². The Morgan fingerprint density at radius 2 is 1.93 bits per heavy atom. The van der Waals surface area contributed by atoms with Gasteiger partial charge < -0.3 is 9.47 Å². The van der Waals surface area contributed by atoms with E-state index in [9.17, 15) is 4.79 Å². The van der Waals surface area contributed by atoms with E-state index in [1.54, 1.807) is 0 Å². The fourth-order valence-corrected chi connectivity index (χ4v) is 1.91. The van der Waals surface area contributed by atoms with Crippen LogP contribution in [0.5, 0.6) is 0 Å². The third-order valence-electron chi connectivity index (χ3n) is 2.69. The fourth-order valence-electron chi connectivity index (χ4n) is 1.91. The molecule has 3 nitrogen and oxygen atoms in total. The first-order valence-corrected chi connectivity index (χ1v) is 5.41. The van der Waals surface area contributed by atoms with E-state index < -0.39 is 6.16 Å². The zero-order valence-electron chi connectivity index (χ0n) is 8.67. The molecule has 0 aromatic rings. The molecule has 14 heavy (non-hydrogen) atoms. The zero-order valence-corrected chi connectivity index (χ0v) is 8.67. The lowest BCUT2D eigenvalue weighted by atomic mass is 9.87. The van der Waals surface area contributed by atoms with Gasteiger partial charge in [0.2, 0.25) is 0 Å². The van der Waals surface area contributed by atoms with Gasteiger partial charge in [0, 0.05) is 0 Å². The van der Waals surface area contributed by atoms with E-state index in [2.05, 4.69) is 11.7 Å². The maximum absolute atomic E-state index is 10.8. The Kier molecular flexibility index (Phi) is 5.42. The van der Waals surface area contributed by atoms with Crippen molar-refractivity contribution < 1.29 is 14.3 Å². The lowest BCUT2D eigenvalue weighted by Crippen LogP contribution is -2.13. The van der Waals surface area contributed by atoms with Gasteiger partial charge in [0.1, 0.15) is 0 Å². The van der Waals surface area contributed by atoms with Crippen LogP contribution in [0, 0.1) is 12.8 Å². The van der Waals surface area contributed by atoms with Gasteiger partial charge >= 0.3 is 6.16 Å². The van der Waals surface area contributed by atoms with Crippen LogP contribution in [0.3, 0.4) is 0 Å². The van der Waals surface area contributed by atoms with Gasteiger partial charge in [-0.1, -0.05) is 32.1 Å². The number of hydrogen-bond donors (Lipinski definition) is 0. The lowest BCUT2D eigenvalue weighted by molar-refractivity contribution is 0.0572. The van der Waals surface area contributed by atoms with Crippen molar-refractivity contribution in [2.24, 2.45) is 5.92 Å². The number of ether oxygens (including phenoxy) is 2. The van der Waals surface area contributed by atoms with Gasteiger partial charge in [-0.05, 0) is 19.3 Å². The Morgan fingerprint density at radius 3 is 2.57 bits per heavy atom. The number of carbonyl (C=O) groups is 1. The summed E-state index contributed by atoms with van der Waals surface area (Å²) in [6, 6.07) is 0. The Bertz CT molecular complexity index is 162. The molecule has 0 N–H and O–H groups in total.